The normalized spacial score (nSPS) is 12.8. The van der Waals surface area contributed by atoms with E-state index in [1.165, 1.54) is 6.20 Å². The Morgan fingerprint density at radius 2 is 2.46 bits per heavy atom. The largest absolute Gasteiger partial charge is 0.381 e. The zero-order valence-corrected chi connectivity index (χ0v) is 7.73. The highest BCUT2D eigenvalue weighted by atomic mass is 16.6. The lowest BCUT2D eigenvalue weighted by Gasteiger charge is -2.08. The molecule has 13 heavy (non-hydrogen) atoms. The third-order valence-corrected chi connectivity index (χ3v) is 1.98. The van der Waals surface area contributed by atoms with E-state index < -0.39 is 4.92 Å². The maximum atomic E-state index is 10.4. The van der Waals surface area contributed by atoms with Gasteiger partial charge in [-0.2, -0.15) is 0 Å². The van der Waals surface area contributed by atoms with Gasteiger partial charge < -0.3 is 14.7 Å². The lowest BCUT2D eigenvalue weighted by atomic mass is 10.2. The van der Waals surface area contributed by atoms with E-state index in [9.17, 15) is 10.1 Å². The number of imidazole rings is 1. The Kier molecular flexibility index (Phi) is 2.65. The van der Waals surface area contributed by atoms with E-state index in [0.717, 1.165) is 0 Å². The highest BCUT2D eigenvalue weighted by Gasteiger charge is 2.17. The monoisotopic (exact) mass is 182 g/mol. The van der Waals surface area contributed by atoms with Crippen molar-refractivity contribution < 1.29 is 4.92 Å². The standard InChI is InChI=1S/C8H12N3O2/c1-4-6(2)10-5-8(11(12)13)9-7(10)3/h5-6H,1,4H2,2-3H3. The van der Waals surface area contributed by atoms with Crippen molar-refractivity contribution in [3.05, 3.63) is 29.1 Å². The van der Waals surface area contributed by atoms with Crippen molar-refractivity contribution in [2.45, 2.75) is 26.3 Å². The van der Waals surface area contributed by atoms with Crippen LogP contribution in [0.2, 0.25) is 0 Å². The van der Waals surface area contributed by atoms with Gasteiger partial charge in [0.1, 0.15) is 6.20 Å². The summed E-state index contributed by atoms with van der Waals surface area (Å²) in [6.07, 6.45) is 2.14. The predicted molar refractivity (Wildman–Crippen MR) is 48.3 cm³/mol. The summed E-state index contributed by atoms with van der Waals surface area (Å²) in [4.78, 5) is 13.7. The van der Waals surface area contributed by atoms with E-state index in [1.54, 1.807) is 11.5 Å². The van der Waals surface area contributed by atoms with E-state index in [2.05, 4.69) is 11.9 Å². The molecule has 0 aromatic carbocycles. The van der Waals surface area contributed by atoms with Crippen LogP contribution in [0.25, 0.3) is 0 Å². The molecule has 1 atom stereocenters. The van der Waals surface area contributed by atoms with E-state index in [1.807, 2.05) is 6.92 Å². The highest BCUT2D eigenvalue weighted by molar-refractivity contribution is 5.17. The number of hydrogen-bond acceptors (Lipinski definition) is 3. The SMILES string of the molecule is [CH2]CC(C)n1cc([N+](=O)[O-])nc1C. The maximum Gasteiger partial charge on any atom is 0.381 e. The van der Waals surface area contributed by atoms with Crippen molar-refractivity contribution in [1.29, 1.82) is 0 Å². The summed E-state index contributed by atoms with van der Waals surface area (Å²) in [5.41, 5.74) is 0. The lowest BCUT2D eigenvalue weighted by molar-refractivity contribution is -0.389. The van der Waals surface area contributed by atoms with Gasteiger partial charge in [-0.05, 0) is 23.3 Å². The van der Waals surface area contributed by atoms with Crippen molar-refractivity contribution >= 4 is 5.82 Å². The van der Waals surface area contributed by atoms with Crippen molar-refractivity contribution in [2.24, 2.45) is 0 Å². The van der Waals surface area contributed by atoms with Crippen LogP contribution in [0.15, 0.2) is 6.20 Å². The van der Waals surface area contributed by atoms with Gasteiger partial charge in [0.15, 0.2) is 0 Å². The molecule has 71 valence electrons. The van der Waals surface area contributed by atoms with Crippen molar-refractivity contribution in [3.8, 4) is 0 Å². The molecule has 1 radical (unpaired) electrons. The van der Waals surface area contributed by atoms with Crippen LogP contribution < -0.4 is 0 Å². The Bertz CT molecular complexity index is 319. The topological polar surface area (TPSA) is 61.0 Å². The third-order valence-electron chi connectivity index (χ3n) is 1.98. The van der Waals surface area contributed by atoms with E-state index in [0.29, 0.717) is 12.2 Å². The third kappa shape index (κ3) is 1.85. The Balaban J connectivity index is 3.02. The first-order valence-corrected chi connectivity index (χ1v) is 4.05. The smallest absolute Gasteiger partial charge is 0.358 e. The summed E-state index contributed by atoms with van der Waals surface area (Å²) in [6.45, 7) is 7.44. The fraction of sp³-hybridized carbons (Fsp3) is 0.500. The molecule has 0 spiro atoms. The van der Waals surface area contributed by atoms with Gasteiger partial charge in [0.05, 0.1) is 0 Å². The summed E-state index contributed by atoms with van der Waals surface area (Å²) in [6, 6.07) is 0.154. The summed E-state index contributed by atoms with van der Waals surface area (Å²) < 4.78 is 1.77. The summed E-state index contributed by atoms with van der Waals surface area (Å²) in [5.74, 6) is 0.556. The predicted octanol–water partition coefficient (Wildman–Crippen LogP) is 1.88. The summed E-state index contributed by atoms with van der Waals surface area (Å²) >= 11 is 0. The van der Waals surface area contributed by atoms with Gasteiger partial charge >= 0.3 is 5.82 Å². The summed E-state index contributed by atoms with van der Waals surface area (Å²) in [7, 11) is 0. The lowest BCUT2D eigenvalue weighted by Crippen LogP contribution is -2.04. The number of nitrogens with zero attached hydrogens (tertiary/aromatic N) is 3. The second-order valence-electron chi connectivity index (χ2n) is 2.95. The highest BCUT2D eigenvalue weighted by Crippen LogP contribution is 2.17. The fourth-order valence-electron chi connectivity index (χ4n) is 1.14. The van der Waals surface area contributed by atoms with E-state index in [4.69, 9.17) is 0 Å². The van der Waals surface area contributed by atoms with Crippen LogP contribution in [0.1, 0.15) is 25.2 Å². The number of aromatic nitrogens is 2. The van der Waals surface area contributed by atoms with Crippen LogP contribution in [0.5, 0.6) is 0 Å². The molecular formula is C8H12N3O2. The first-order valence-electron chi connectivity index (χ1n) is 4.05. The maximum absolute atomic E-state index is 10.4. The molecule has 1 unspecified atom stereocenters. The van der Waals surface area contributed by atoms with Crippen LogP contribution in [-0.2, 0) is 0 Å². The van der Waals surface area contributed by atoms with Crippen molar-refractivity contribution in [1.82, 2.24) is 9.55 Å². The molecule has 0 saturated heterocycles. The van der Waals surface area contributed by atoms with Gasteiger partial charge in [0, 0.05) is 13.0 Å². The number of rotatable bonds is 3. The molecule has 0 bridgehead atoms. The van der Waals surface area contributed by atoms with Gasteiger partial charge in [-0.25, -0.2) is 0 Å². The minimum Gasteiger partial charge on any atom is -0.358 e. The van der Waals surface area contributed by atoms with Crippen molar-refractivity contribution in [3.63, 3.8) is 0 Å². The first-order chi connectivity index (χ1) is 6.06. The van der Waals surface area contributed by atoms with Gasteiger partial charge in [-0.1, -0.05) is 6.92 Å². The summed E-state index contributed by atoms with van der Waals surface area (Å²) in [5, 5.41) is 10.4. The van der Waals surface area contributed by atoms with E-state index in [-0.39, 0.29) is 11.9 Å². The number of nitro groups is 1. The second kappa shape index (κ2) is 3.55. The van der Waals surface area contributed by atoms with Crippen LogP contribution >= 0.6 is 0 Å². The molecule has 0 aliphatic carbocycles. The molecule has 0 saturated carbocycles. The molecule has 0 aliphatic heterocycles. The Morgan fingerprint density at radius 3 is 2.85 bits per heavy atom. The molecule has 0 N–H and O–H groups in total. The molecule has 1 aromatic rings. The van der Waals surface area contributed by atoms with Crippen LogP contribution in [0.4, 0.5) is 5.82 Å². The average Bonchev–Trinajstić information content (AvgIpc) is 2.46. The molecule has 1 heterocycles. The average molecular weight is 182 g/mol. The molecule has 5 heteroatoms. The van der Waals surface area contributed by atoms with Gasteiger partial charge in [0.25, 0.3) is 0 Å². The number of aryl methyl sites for hydroxylation is 1. The fourth-order valence-corrected chi connectivity index (χ4v) is 1.14. The Morgan fingerprint density at radius 1 is 1.85 bits per heavy atom. The molecular weight excluding hydrogens is 170 g/mol. The molecule has 0 fully saturated rings. The minimum absolute atomic E-state index is 0.0993. The Labute approximate surface area is 76.5 Å². The van der Waals surface area contributed by atoms with Gasteiger partial charge in [0.2, 0.25) is 5.82 Å². The molecule has 5 nitrogen and oxygen atoms in total. The van der Waals surface area contributed by atoms with Gasteiger partial charge in [-0.3, -0.25) is 0 Å². The molecule has 1 aromatic heterocycles. The quantitative estimate of drug-likeness (QED) is 0.529. The van der Waals surface area contributed by atoms with E-state index >= 15 is 0 Å². The van der Waals surface area contributed by atoms with Crippen LogP contribution in [0.3, 0.4) is 0 Å². The van der Waals surface area contributed by atoms with Gasteiger partial charge in [-0.15, -0.1) is 0 Å². The zero-order chi connectivity index (χ0) is 10.0. The Hall–Kier alpha value is -1.39. The molecule has 1 rings (SSSR count). The van der Waals surface area contributed by atoms with Crippen molar-refractivity contribution in [2.75, 3.05) is 0 Å². The molecule has 0 amide bonds. The second-order valence-corrected chi connectivity index (χ2v) is 2.95. The minimum atomic E-state index is -0.487. The number of hydrogen-bond donors (Lipinski definition) is 0. The zero-order valence-electron chi connectivity index (χ0n) is 7.73. The first kappa shape index (κ1) is 9.70. The molecule has 0 aliphatic rings. The van der Waals surface area contributed by atoms with Crippen LogP contribution in [0, 0.1) is 24.0 Å². The van der Waals surface area contributed by atoms with Crippen LogP contribution in [-0.4, -0.2) is 14.5 Å².